The Morgan fingerprint density at radius 1 is 1.32 bits per heavy atom. The van der Waals surface area contributed by atoms with Crippen molar-refractivity contribution in [1.82, 2.24) is 0 Å². The highest BCUT2D eigenvalue weighted by Gasteiger charge is 2.24. The van der Waals surface area contributed by atoms with E-state index in [4.69, 9.17) is 4.74 Å². The maximum atomic E-state index is 12.1. The molecule has 0 N–H and O–H groups in total. The molecule has 2 unspecified atom stereocenters. The largest absolute Gasteiger partial charge is 0.370 e. The molecule has 1 aliphatic rings. The van der Waals surface area contributed by atoms with Crippen LogP contribution in [0.5, 0.6) is 0 Å². The van der Waals surface area contributed by atoms with Crippen LogP contribution in [0, 0.1) is 12.8 Å². The van der Waals surface area contributed by atoms with Gasteiger partial charge in [-0.25, -0.2) is 0 Å². The van der Waals surface area contributed by atoms with E-state index < -0.39 is 0 Å². The number of rotatable bonds is 5. The van der Waals surface area contributed by atoms with E-state index in [-0.39, 0.29) is 18.5 Å². The lowest BCUT2D eigenvalue weighted by molar-refractivity contribution is -0.00570. The van der Waals surface area contributed by atoms with Crippen LogP contribution in [0.1, 0.15) is 54.9 Å². The Hall–Kier alpha value is -1.15. The molecule has 1 aliphatic carbocycles. The number of ketones is 1. The van der Waals surface area contributed by atoms with Crippen LogP contribution in [0.25, 0.3) is 0 Å². The normalized spacial score (nSPS) is 23.3. The molecule has 0 amide bonds. The minimum atomic E-state index is 0.101. The van der Waals surface area contributed by atoms with Crippen LogP contribution in [0.2, 0.25) is 0 Å². The number of benzene rings is 1. The topological polar surface area (TPSA) is 26.3 Å². The van der Waals surface area contributed by atoms with Crippen molar-refractivity contribution in [1.29, 1.82) is 0 Å². The van der Waals surface area contributed by atoms with E-state index in [0.29, 0.717) is 5.92 Å². The molecule has 0 aromatic heterocycles. The molecular weight excluding hydrogens is 236 g/mol. The molecule has 2 nitrogen and oxygen atoms in total. The number of hydrogen-bond donors (Lipinski definition) is 0. The molecule has 2 atom stereocenters. The first-order valence-electron chi connectivity index (χ1n) is 7.42. The zero-order chi connectivity index (χ0) is 13.7. The lowest BCUT2D eigenvalue weighted by Gasteiger charge is -2.30. The molecule has 0 heterocycles. The molecule has 1 saturated carbocycles. The predicted molar refractivity (Wildman–Crippen MR) is 77.5 cm³/mol. The van der Waals surface area contributed by atoms with Gasteiger partial charge in [-0.2, -0.15) is 0 Å². The molecule has 1 aromatic rings. The number of carbonyl (C=O) groups is 1. The average molecular weight is 260 g/mol. The summed E-state index contributed by atoms with van der Waals surface area (Å²) in [6.45, 7) is 4.45. The summed E-state index contributed by atoms with van der Waals surface area (Å²) in [5, 5.41) is 0. The van der Waals surface area contributed by atoms with Gasteiger partial charge in [0.05, 0.1) is 6.10 Å². The molecule has 0 aliphatic heterocycles. The first kappa shape index (κ1) is 14.3. The zero-order valence-corrected chi connectivity index (χ0v) is 12.0. The van der Waals surface area contributed by atoms with Gasteiger partial charge in [0, 0.05) is 5.56 Å². The maximum absolute atomic E-state index is 12.1. The van der Waals surface area contributed by atoms with E-state index >= 15 is 0 Å². The molecule has 19 heavy (non-hydrogen) atoms. The Morgan fingerprint density at radius 3 is 2.84 bits per heavy atom. The molecule has 2 rings (SSSR count). The van der Waals surface area contributed by atoms with Crippen LogP contribution in [0.3, 0.4) is 0 Å². The van der Waals surface area contributed by atoms with Gasteiger partial charge in [-0.3, -0.25) is 4.79 Å². The van der Waals surface area contributed by atoms with Gasteiger partial charge in [0.2, 0.25) is 0 Å². The first-order valence-corrected chi connectivity index (χ1v) is 7.42. The number of Topliss-reactive ketones (excluding diaryl/α,β-unsaturated/α-hetero) is 1. The van der Waals surface area contributed by atoms with Crippen molar-refractivity contribution in [3.05, 3.63) is 35.4 Å². The van der Waals surface area contributed by atoms with Gasteiger partial charge in [-0.1, -0.05) is 49.9 Å². The summed E-state index contributed by atoms with van der Waals surface area (Å²) in [6.07, 6.45) is 6.35. The van der Waals surface area contributed by atoms with E-state index in [1.165, 1.54) is 19.3 Å². The third kappa shape index (κ3) is 3.90. The fourth-order valence-electron chi connectivity index (χ4n) is 2.94. The Balaban J connectivity index is 1.89. The average Bonchev–Trinajstić information content (AvgIpc) is 2.45. The molecule has 0 spiro atoms. The lowest BCUT2D eigenvalue weighted by atomic mass is 9.85. The maximum Gasteiger partial charge on any atom is 0.188 e. The molecular formula is C17H24O2. The van der Waals surface area contributed by atoms with Crippen LogP contribution < -0.4 is 0 Å². The van der Waals surface area contributed by atoms with Crippen molar-refractivity contribution in [2.75, 3.05) is 6.61 Å². The van der Waals surface area contributed by atoms with E-state index in [9.17, 15) is 4.79 Å². The van der Waals surface area contributed by atoms with Crippen molar-refractivity contribution < 1.29 is 9.53 Å². The van der Waals surface area contributed by atoms with E-state index in [2.05, 4.69) is 6.92 Å². The SMILES string of the molecule is CCC1CCCCC1OCC(=O)c1cccc(C)c1. The lowest BCUT2D eigenvalue weighted by Crippen LogP contribution is -2.29. The second kappa shape index (κ2) is 6.85. The number of ether oxygens (including phenoxy) is 1. The van der Waals surface area contributed by atoms with Crippen molar-refractivity contribution in [2.45, 2.75) is 52.1 Å². The highest BCUT2D eigenvalue weighted by atomic mass is 16.5. The zero-order valence-electron chi connectivity index (χ0n) is 12.0. The van der Waals surface area contributed by atoms with Gasteiger partial charge in [-0.15, -0.1) is 0 Å². The van der Waals surface area contributed by atoms with Gasteiger partial charge >= 0.3 is 0 Å². The molecule has 1 fully saturated rings. The van der Waals surface area contributed by atoms with Crippen molar-refractivity contribution >= 4 is 5.78 Å². The monoisotopic (exact) mass is 260 g/mol. The van der Waals surface area contributed by atoms with E-state index in [1.807, 2.05) is 31.2 Å². The van der Waals surface area contributed by atoms with E-state index in [1.54, 1.807) is 0 Å². The number of carbonyl (C=O) groups excluding carboxylic acids is 1. The summed E-state index contributed by atoms with van der Waals surface area (Å²) < 4.78 is 5.89. The summed E-state index contributed by atoms with van der Waals surface area (Å²) in [5.74, 6) is 0.739. The van der Waals surface area contributed by atoms with Crippen molar-refractivity contribution in [3.8, 4) is 0 Å². The highest BCUT2D eigenvalue weighted by Crippen LogP contribution is 2.29. The number of hydrogen-bond acceptors (Lipinski definition) is 2. The van der Waals surface area contributed by atoms with Crippen LogP contribution >= 0.6 is 0 Å². The second-order valence-electron chi connectivity index (χ2n) is 5.59. The first-order chi connectivity index (χ1) is 9.20. The Labute approximate surface area is 116 Å². The van der Waals surface area contributed by atoms with Crippen LogP contribution in [-0.4, -0.2) is 18.5 Å². The number of aryl methyl sites for hydroxylation is 1. The second-order valence-corrected chi connectivity index (χ2v) is 5.59. The molecule has 0 bridgehead atoms. The smallest absolute Gasteiger partial charge is 0.188 e. The molecule has 1 aromatic carbocycles. The minimum Gasteiger partial charge on any atom is -0.370 e. The Morgan fingerprint density at radius 2 is 2.11 bits per heavy atom. The summed E-state index contributed by atoms with van der Waals surface area (Å²) in [4.78, 5) is 12.1. The third-order valence-corrected chi connectivity index (χ3v) is 4.13. The molecule has 2 heteroatoms. The van der Waals surface area contributed by atoms with Crippen LogP contribution in [0.4, 0.5) is 0 Å². The van der Waals surface area contributed by atoms with Gasteiger partial charge in [0.1, 0.15) is 6.61 Å². The minimum absolute atomic E-state index is 0.101. The summed E-state index contributed by atoms with van der Waals surface area (Å²) in [6, 6.07) is 7.74. The Kier molecular flexibility index (Phi) is 5.15. The fraction of sp³-hybridized carbons (Fsp3) is 0.588. The summed E-state index contributed by atoms with van der Waals surface area (Å²) in [7, 11) is 0. The van der Waals surface area contributed by atoms with Crippen molar-refractivity contribution in [3.63, 3.8) is 0 Å². The van der Waals surface area contributed by atoms with Crippen LogP contribution in [0.15, 0.2) is 24.3 Å². The van der Waals surface area contributed by atoms with Gasteiger partial charge in [0.15, 0.2) is 5.78 Å². The predicted octanol–water partition coefficient (Wildman–Crippen LogP) is 4.16. The van der Waals surface area contributed by atoms with Crippen LogP contribution in [-0.2, 0) is 4.74 Å². The summed E-state index contributed by atoms with van der Waals surface area (Å²) >= 11 is 0. The van der Waals surface area contributed by atoms with Gasteiger partial charge < -0.3 is 4.74 Å². The standard InChI is InChI=1S/C17H24O2/c1-3-14-8-4-5-10-17(14)19-12-16(18)15-9-6-7-13(2)11-15/h6-7,9,11,14,17H,3-5,8,10,12H2,1-2H3. The summed E-state index contributed by atoms with van der Waals surface area (Å²) in [5.41, 5.74) is 1.89. The third-order valence-electron chi connectivity index (χ3n) is 4.13. The Bertz CT molecular complexity index is 425. The van der Waals surface area contributed by atoms with Crippen molar-refractivity contribution in [2.24, 2.45) is 5.92 Å². The van der Waals surface area contributed by atoms with E-state index in [0.717, 1.165) is 24.0 Å². The molecule has 0 saturated heterocycles. The molecule has 104 valence electrons. The van der Waals surface area contributed by atoms with Gasteiger partial charge in [-0.05, 0) is 31.7 Å². The fourth-order valence-corrected chi connectivity index (χ4v) is 2.94. The van der Waals surface area contributed by atoms with Gasteiger partial charge in [0.25, 0.3) is 0 Å². The highest BCUT2D eigenvalue weighted by molar-refractivity contribution is 5.97. The molecule has 0 radical (unpaired) electrons. The quantitative estimate of drug-likeness (QED) is 0.743.